The lowest BCUT2D eigenvalue weighted by Gasteiger charge is -2.00. The fourth-order valence-corrected chi connectivity index (χ4v) is 4.61. The number of oxime groups is 4. The Morgan fingerprint density at radius 2 is 1.04 bits per heavy atom. The third-order valence-corrected chi connectivity index (χ3v) is 7.56. The van der Waals surface area contributed by atoms with Crippen molar-refractivity contribution in [2.24, 2.45) is 20.6 Å². The van der Waals surface area contributed by atoms with Crippen molar-refractivity contribution in [1.82, 2.24) is 19.9 Å². The molecule has 0 saturated heterocycles. The average molecular weight is 899 g/mol. The van der Waals surface area contributed by atoms with Gasteiger partial charge in [0.2, 0.25) is 0 Å². The maximum absolute atomic E-state index is 10.7. The first-order chi connectivity index (χ1) is 26.3. The normalized spacial score (nSPS) is 11.6. The quantitative estimate of drug-likeness (QED) is 0.0361. The van der Waals surface area contributed by atoms with E-state index in [1.54, 1.807) is 38.1 Å². The van der Waals surface area contributed by atoms with Crippen LogP contribution >= 0.6 is 31.9 Å². The average Bonchev–Trinajstić information content (AvgIpc) is 3.16. The third kappa shape index (κ3) is 18.9. The van der Waals surface area contributed by atoms with Gasteiger partial charge in [-0.2, -0.15) is 8.42 Å². The van der Waals surface area contributed by atoms with Crippen molar-refractivity contribution in [3.05, 3.63) is 116 Å². The highest BCUT2D eigenvalue weighted by atomic mass is 79.9. The summed E-state index contributed by atoms with van der Waals surface area (Å²) in [5.74, 6) is 11.1. The van der Waals surface area contributed by atoms with Crippen molar-refractivity contribution >= 4 is 64.8 Å². The van der Waals surface area contributed by atoms with E-state index in [1.165, 1.54) is 14.2 Å². The second kappa shape index (κ2) is 24.7. The number of hydrogen-bond donors (Lipinski definition) is 1. The van der Waals surface area contributed by atoms with Gasteiger partial charge in [-0.25, -0.2) is 19.9 Å². The molecule has 4 heterocycles. The van der Waals surface area contributed by atoms with Crippen molar-refractivity contribution in [3.8, 4) is 23.7 Å². The molecule has 15 nitrogen and oxygen atoms in total. The molecule has 0 saturated carbocycles. The third-order valence-electron chi connectivity index (χ3n) is 6.13. The monoisotopic (exact) mass is 896 g/mol. The summed E-state index contributed by atoms with van der Waals surface area (Å²) in [4.78, 5) is 31.6. The number of hydrogen-bond acceptors (Lipinski definition) is 15. The molecule has 0 fully saturated rings. The molecule has 55 heavy (non-hydrogen) atoms. The smallest absolute Gasteiger partial charge is 0.265 e. The SMILES string of the molecule is C/C(=N\O)c1cccc(Br)n1.CO/N=C(\C)c1cccc(C#CCO/N=C(\C)c2cccc(Br)n2)n1.CO/N=C(\C)c1cccc(C#CCOS(C)(=O)=O)n1. The Labute approximate surface area is 337 Å². The minimum absolute atomic E-state index is 0.155. The van der Waals surface area contributed by atoms with Crippen LogP contribution in [-0.4, -0.2) is 90.1 Å². The molecule has 0 aliphatic rings. The van der Waals surface area contributed by atoms with Crippen LogP contribution in [0.4, 0.5) is 0 Å². The number of halogens is 2. The first-order valence-corrected chi connectivity index (χ1v) is 19.2. The lowest BCUT2D eigenvalue weighted by Crippen LogP contribution is -2.03. The van der Waals surface area contributed by atoms with Gasteiger partial charge in [-0.3, -0.25) is 4.18 Å². The Bertz CT molecular complexity index is 2240. The van der Waals surface area contributed by atoms with Crippen molar-refractivity contribution in [1.29, 1.82) is 0 Å². The van der Waals surface area contributed by atoms with E-state index in [0.717, 1.165) is 21.2 Å². The molecule has 0 amide bonds. The summed E-state index contributed by atoms with van der Waals surface area (Å²) in [5.41, 5.74) is 6.37. The molecule has 1 N–H and O–H groups in total. The Morgan fingerprint density at radius 1 is 0.636 bits per heavy atom. The van der Waals surface area contributed by atoms with Gasteiger partial charge in [0.25, 0.3) is 10.1 Å². The van der Waals surface area contributed by atoms with E-state index in [1.807, 2.05) is 62.4 Å². The molecule has 0 unspecified atom stereocenters. The molecule has 18 heteroatoms. The highest BCUT2D eigenvalue weighted by Gasteiger charge is 2.03. The largest absolute Gasteiger partial charge is 0.411 e. The molecule has 4 rings (SSSR count). The van der Waals surface area contributed by atoms with Crippen molar-refractivity contribution in [3.63, 3.8) is 0 Å². The summed E-state index contributed by atoms with van der Waals surface area (Å²) >= 11 is 6.53. The lowest BCUT2D eigenvalue weighted by atomic mass is 10.2. The van der Waals surface area contributed by atoms with Crippen LogP contribution in [0.25, 0.3) is 0 Å². The highest BCUT2D eigenvalue weighted by Crippen LogP contribution is 2.08. The van der Waals surface area contributed by atoms with Crippen LogP contribution < -0.4 is 0 Å². The van der Waals surface area contributed by atoms with E-state index in [-0.39, 0.29) is 13.2 Å². The lowest BCUT2D eigenvalue weighted by molar-refractivity contribution is 0.179. The molecule has 0 aromatic carbocycles. The van der Waals surface area contributed by atoms with Crippen LogP contribution in [0.3, 0.4) is 0 Å². The van der Waals surface area contributed by atoms with Crippen molar-refractivity contribution in [2.45, 2.75) is 27.7 Å². The Morgan fingerprint density at radius 3 is 1.45 bits per heavy atom. The van der Waals surface area contributed by atoms with E-state index in [0.29, 0.717) is 51.3 Å². The van der Waals surface area contributed by atoms with Gasteiger partial charge in [-0.1, -0.05) is 56.7 Å². The molecule has 0 aliphatic heterocycles. The van der Waals surface area contributed by atoms with E-state index in [4.69, 9.17) is 14.9 Å². The highest BCUT2D eigenvalue weighted by molar-refractivity contribution is 9.10. The molecule has 0 aliphatic carbocycles. The summed E-state index contributed by atoms with van der Waals surface area (Å²) in [6, 6.07) is 21.8. The zero-order valence-electron chi connectivity index (χ0n) is 31.0. The maximum Gasteiger partial charge on any atom is 0.265 e. The number of aromatic nitrogens is 4. The van der Waals surface area contributed by atoms with Gasteiger partial charge in [-0.05, 0) is 120 Å². The van der Waals surface area contributed by atoms with Gasteiger partial charge in [-0.15, -0.1) is 0 Å². The van der Waals surface area contributed by atoms with Crippen LogP contribution in [0.2, 0.25) is 0 Å². The van der Waals surface area contributed by atoms with E-state index in [9.17, 15) is 8.42 Å². The van der Waals surface area contributed by atoms with E-state index < -0.39 is 10.1 Å². The van der Waals surface area contributed by atoms with Gasteiger partial charge in [0.15, 0.2) is 6.61 Å². The number of nitrogens with zero attached hydrogens (tertiary/aromatic N) is 8. The molecule has 288 valence electrons. The first-order valence-electron chi connectivity index (χ1n) is 15.8. The Balaban J connectivity index is 0.000000307. The summed E-state index contributed by atoms with van der Waals surface area (Å²) in [6.07, 6.45) is 0.970. The standard InChI is InChI=1S/C18H17BrN4O2.C12H14N2O4S.C7H7BrN2O/c1-13(22-24-3)16-9-4-7-15(20-16)8-6-12-25-23-14(2)17-10-5-11-18(19)21-17;1-10(14-17-2)12-8-4-6-11(13-12)7-5-9-18-19(3,15)16;1-5(10-11)6-3-2-4-7(8)9-6/h4-5,7,9-11H,12H2,1-3H3;4,6,8H,9H2,1-3H3;2-4,11H,1H3/b22-13+,23-14+;14-10+;10-5+. The second-order valence-corrected chi connectivity index (χ2v) is 13.7. The molecule has 0 spiro atoms. The fourth-order valence-electron chi connectivity index (χ4n) is 3.65. The summed E-state index contributed by atoms with van der Waals surface area (Å²) in [7, 11) is -0.515. The van der Waals surface area contributed by atoms with E-state index in [2.05, 4.69) is 105 Å². The number of rotatable bonds is 10. The first kappa shape index (κ1) is 45.6. The van der Waals surface area contributed by atoms with Crippen LogP contribution in [-0.2, 0) is 28.8 Å². The summed E-state index contributed by atoms with van der Waals surface area (Å²) < 4.78 is 27.4. The molecule has 0 atom stereocenters. The molecular formula is C37H38Br2N8O7S. The fraction of sp³-hybridized carbons (Fsp3) is 0.243. The van der Waals surface area contributed by atoms with Crippen LogP contribution in [0.15, 0.2) is 103 Å². The molecule has 4 aromatic heterocycles. The predicted molar refractivity (Wildman–Crippen MR) is 218 cm³/mol. The van der Waals surface area contributed by atoms with Crippen LogP contribution in [0, 0.1) is 23.7 Å². The number of pyridine rings is 4. The van der Waals surface area contributed by atoms with Gasteiger partial charge < -0.3 is 19.7 Å². The molecule has 4 aromatic rings. The zero-order chi connectivity index (χ0) is 40.6. The van der Waals surface area contributed by atoms with Gasteiger partial charge >= 0.3 is 0 Å². The zero-order valence-corrected chi connectivity index (χ0v) is 35.0. The molecule has 0 bridgehead atoms. The second-order valence-electron chi connectivity index (χ2n) is 10.4. The van der Waals surface area contributed by atoms with Crippen LogP contribution in [0.1, 0.15) is 61.9 Å². The molecular weight excluding hydrogens is 860 g/mol. The van der Waals surface area contributed by atoms with Crippen LogP contribution in [0.5, 0.6) is 0 Å². The summed E-state index contributed by atoms with van der Waals surface area (Å²) in [6.45, 7) is 7.05. The maximum atomic E-state index is 10.7. The molecule has 0 radical (unpaired) electrons. The van der Waals surface area contributed by atoms with Gasteiger partial charge in [0.05, 0.1) is 29.0 Å². The summed E-state index contributed by atoms with van der Waals surface area (Å²) in [5, 5.41) is 23.1. The topological polar surface area (TPSA) is 192 Å². The minimum atomic E-state index is -3.47. The van der Waals surface area contributed by atoms with E-state index >= 15 is 0 Å². The Hall–Kier alpha value is -5.53. The van der Waals surface area contributed by atoms with Gasteiger partial charge in [0, 0.05) is 0 Å². The van der Waals surface area contributed by atoms with Crippen molar-refractivity contribution in [2.75, 3.05) is 33.7 Å². The van der Waals surface area contributed by atoms with Gasteiger partial charge in [0.1, 0.15) is 64.3 Å². The van der Waals surface area contributed by atoms with Crippen molar-refractivity contribution < 1.29 is 32.3 Å². The Kier molecular flexibility index (Phi) is 20.5. The minimum Gasteiger partial charge on any atom is -0.411 e. The predicted octanol–water partition coefficient (Wildman–Crippen LogP) is 6.22.